The van der Waals surface area contributed by atoms with Crippen molar-refractivity contribution >= 4 is 39.7 Å². The van der Waals surface area contributed by atoms with Gasteiger partial charge in [0.1, 0.15) is 5.82 Å². The minimum absolute atomic E-state index is 0. The average Bonchev–Trinajstić information content (AvgIpc) is 2.63. The fraction of sp³-hybridized carbons (Fsp3) is 0.357. The van der Waals surface area contributed by atoms with Crippen molar-refractivity contribution in [3.63, 3.8) is 0 Å². The van der Waals surface area contributed by atoms with Crippen LogP contribution in [0.3, 0.4) is 0 Å². The molecule has 110 valence electrons. The molecule has 0 aliphatic heterocycles. The number of hydrogen-bond donors (Lipinski definition) is 2. The Bertz CT molecular complexity index is 634. The van der Waals surface area contributed by atoms with E-state index in [-0.39, 0.29) is 24.1 Å². The molecule has 0 aliphatic carbocycles. The van der Waals surface area contributed by atoms with E-state index in [0.717, 1.165) is 15.6 Å². The molecule has 0 radical (unpaired) electrons. The Labute approximate surface area is 127 Å². The van der Waals surface area contributed by atoms with Crippen molar-refractivity contribution in [3.05, 3.63) is 34.5 Å². The van der Waals surface area contributed by atoms with Crippen molar-refractivity contribution in [1.29, 1.82) is 0 Å². The van der Waals surface area contributed by atoms with E-state index in [9.17, 15) is 9.18 Å². The maximum absolute atomic E-state index is 13.2. The first-order chi connectivity index (χ1) is 8.78. The molecule has 3 nitrogen and oxygen atoms in total. The van der Waals surface area contributed by atoms with Crippen molar-refractivity contribution in [2.75, 3.05) is 6.54 Å². The summed E-state index contributed by atoms with van der Waals surface area (Å²) in [5, 5.41) is 3.60. The van der Waals surface area contributed by atoms with Crippen LogP contribution in [0.25, 0.3) is 10.1 Å². The summed E-state index contributed by atoms with van der Waals surface area (Å²) in [6.07, 6.45) is 0. The third-order valence-corrected chi connectivity index (χ3v) is 4.08. The molecule has 3 N–H and O–H groups in total. The number of aryl methyl sites for hydroxylation is 1. The maximum Gasteiger partial charge on any atom is 0.261 e. The van der Waals surface area contributed by atoms with Gasteiger partial charge in [0.2, 0.25) is 0 Å². The summed E-state index contributed by atoms with van der Waals surface area (Å²) in [4.78, 5) is 12.7. The van der Waals surface area contributed by atoms with Crippen LogP contribution in [0.2, 0.25) is 0 Å². The summed E-state index contributed by atoms with van der Waals surface area (Å²) in [5.74, 6) is -0.443. The van der Waals surface area contributed by atoms with Crippen LogP contribution < -0.4 is 11.1 Å². The standard InChI is InChI=1S/C14H17FN2OS.ClH/c1-8-10-6-9(15)4-5-11(10)19-12(8)13(18)17-7-14(2,3)16;/h4-6H,7,16H2,1-3H3,(H,17,18);1H. The van der Waals surface area contributed by atoms with Gasteiger partial charge in [-0.3, -0.25) is 4.79 Å². The number of halogens is 2. The molecule has 0 atom stereocenters. The number of amides is 1. The van der Waals surface area contributed by atoms with Gasteiger partial charge in [0.05, 0.1) is 4.88 Å². The number of rotatable bonds is 3. The largest absolute Gasteiger partial charge is 0.350 e. The van der Waals surface area contributed by atoms with Gasteiger partial charge in [0, 0.05) is 16.8 Å². The lowest BCUT2D eigenvalue weighted by molar-refractivity contribution is 0.0949. The first-order valence-corrected chi connectivity index (χ1v) is 6.85. The Balaban J connectivity index is 0.00000200. The van der Waals surface area contributed by atoms with E-state index in [1.165, 1.54) is 23.5 Å². The Morgan fingerprint density at radius 2 is 2.10 bits per heavy atom. The number of hydrogen-bond acceptors (Lipinski definition) is 3. The van der Waals surface area contributed by atoms with Crippen LogP contribution in [0.4, 0.5) is 4.39 Å². The van der Waals surface area contributed by atoms with E-state index < -0.39 is 5.54 Å². The number of carbonyl (C=O) groups is 1. The van der Waals surface area contributed by atoms with E-state index in [2.05, 4.69) is 5.32 Å². The summed E-state index contributed by atoms with van der Waals surface area (Å²) in [6, 6.07) is 4.57. The zero-order valence-corrected chi connectivity index (χ0v) is 13.3. The Morgan fingerprint density at radius 3 is 2.70 bits per heavy atom. The lowest BCUT2D eigenvalue weighted by Gasteiger charge is -2.18. The van der Waals surface area contributed by atoms with Crippen molar-refractivity contribution in [3.8, 4) is 0 Å². The molecule has 0 unspecified atom stereocenters. The van der Waals surface area contributed by atoms with E-state index >= 15 is 0 Å². The van der Waals surface area contributed by atoms with Gasteiger partial charge in [-0.15, -0.1) is 23.7 Å². The molecule has 2 aromatic rings. The Kier molecular flexibility index (Phi) is 5.13. The van der Waals surface area contributed by atoms with Crippen LogP contribution >= 0.6 is 23.7 Å². The molecule has 0 saturated heterocycles. The maximum atomic E-state index is 13.2. The predicted molar refractivity (Wildman–Crippen MR) is 84.4 cm³/mol. The molecule has 0 fully saturated rings. The van der Waals surface area contributed by atoms with Gasteiger partial charge in [-0.1, -0.05) is 0 Å². The average molecular weight is 317 g/mol. The number of fused-ring (bicyclic) bond motifs is 1. The van der Waals surface area contributed by atoms with Crippen molar-refractivity contribution in [2.24, 2.45) is 5.73 Å². The number of nitrogens with one attached hydrogen (secondary N) is 1. The number of carbonyl (C=O) groups excluding carboxylic acids is 1. The Morgan fingerprint density at radius 1 is 1.45 bits per heavy atom. The second-order valence-corrected chi connectivity index (χ2v) is 6.42. The Hall–Kier alpha value is -1.17. The number of nitrogens with two attached hydrogens (primary N) is 1. The molecule has 0 saturated carbocycles. The van der Waals surface area contributed by atoms with Crippen LogP contribution in [-0.2, 0) is 0 Å². The van der Waals surface area contributed by atoms with E-state index in [4.69, 9.17) is 5.73 Å². The molecule has 0 bridgehead atoms. The van der Waals surface area contributed by atoms with Gasteiger partial charge in [-0.25, -0.2) is 4.39 Å². The number of thiophene rings is 1. The zero-order chi connectivity index (χ0) is 14.2. The molecule has 0 aliphatic rings. The topological polar surface area (TPSA) is 55.1 Å². The highest BCUT2D eigenvalue weighted by Crippen LogP contribution is 2.31. The molecule has 1 aromatic carbocycles. The van der Waals surface area contributed by atoms with E-state index in [0.29, 0.717) is 11.4 Å². The molecular weight excluding hydrogens is 299 g/mol. The van der Waals surface area contributed by atoms with Gasteiger partial charge in [-0.05, 0) is 49.9 Å². The minimum atomic E-state index is -0.452. The highest BCUT2D eigenvalue weighted by atomic mass is 35.5. The van der Waals surface area contributed by atoms with Crippen LogP contribution in [-0.4, -0.2) is 18.0 Å². The van der Waals surface area contributed by atoms with Crippen molar-refractivity contribution < 1.29 is 9.18 Å². The summed E-state index contributed by atoms with van der Waals surface area (Å²) in [6.45, 7) is 5.93. The van der Waals surface area contributed by atoms with Gasteiger partial charge < -0.3 is 11.1 Å². The van der Waals surface area contributed by atoms with E-state index in [1.54, 1.807) is 6.07 Å². The lowest BCUT2D eigenvalue weighted by Crippen LogP contribution is -2.45. The molecule has 2 rings (SSSR count). The smallest absolute Gasteiger partial charge is 0.261 e. The second-order valence-electron chi connectivity index (χ2n) is 5.37. The van der Waals surface area contributed by atoms with Crippen LogP contribution in [0.1, 0.15) is 29.1 Å². The molecule has 20 heavy (non-hydrogen) atoms. The monoisotopic (exact) mass is 316 g/mol. The molecular formula is C14H18ClFN2OS. The fourth-order valence-electron chi connectivity index (χ4n) is 1.80. The van der Waals surface area contributed by atoms with Gasteiger partial charge in [-0.2, -0.15) is 0 Å². The summed E-state index contributed by atoms with van der Waals surface area (Å²) < 4.78 is 14.1. The third kappa shape index (κ3) is 3.69. The van der Waals surface area contributed by atoms with Crippen molar-refractivity contribution in [2.45, 2.75) is 26.3 Å². The summed E-state index contributed by atoms with van der Waals surface area (Å²) in [5.41, 5.74) is 6.19. The predicted octanol–water partition coefficient (Wildman–Crippen LogP) is 3.24. The lowest BCUT2D eigenvalue weighted by atomic mass is 10.1. The molecule has 6 heteroatoms. The quantitative estimate of drug-likeness (QED) is 0.913. The highest BCUT2D eigenvalue weighted by Gasteiger charge is 2.18. The SMILES string of the molecule is Cc1c(C(=O)NCC(C)(C)N)sc2ccc(F)cc12.Cl. The van der Waals surface area contributed by atoms with Crippen LogP contribution in [0.15, 0.2) is 18.2 Å². The first kappa shape index (κ1) is 16.9. The number of benzene rings is 1. The summed E-state index contributed by atoms with van der Waals surface area (Å²) in [7, 11) is 0. The highest BCUT2D eigenvalue weighted by molar-refractivity contribution is 7.21. The third-order valence-electron chi connectivity index (χ3n) is 2.81. The van der Waals surface area contributed by atoms with Gasteiger partial charge in [0.25, 0.3) is 5.91 Å². The van der Waals surface area contributed by atoms with Gasteiger partial charge in [0.15, 0.2) is 0 Å². The van der Waals surface area contributed by atoms with Crippen LogP contribution in [0, 0.1) is 12.7 Å². The van der Waals surface area contributed by atoms with Crippen LogP contribution in [0.5, 0.6) is 0 Å². The fourth-order valence-corrected chi connectivity index (χ4v) is 2.90. The molecule has 1 aromatic heterocycles. The summed E-state index contributed by atoms with van der Waals surface area (Å²) >= 11 is 1.37. The zero-order valence-electron chi connectivity index (χ0n) is 11.6. The normalized spacial score (nSPS) is 11.2. The van der Waals surface area contributed by atoms with Crippen molar-refractivity contribution in [1.82, 2.24) is 5.32 Å². The molecule has 1 amide bonds. The molecule has 0 spiro atoms. The molecule has 1 heterocycles. The van der Waals surface area contributed by atoms with Gasteiger partial charge >= 0.3 is 0 Å². The first-order valence-electron chi connectivity index (χ1n) is 6.04. The minimum Gasteiger partial charge on any atom is -0.350 e. The second kappa shape index (κ2) is 6.08. The van der Waals surface area contributed by atoms with E-state index in [1.807, 2.05) is 20.8 Å².